The summed E-state index contributed by atoms with van der Waals surface area (Å²) in [4.78, 5) is 11.1. The molecule has 2 aromatic rings. The van der Waals surface area contributed by atoms with Gasteiger partial charge in [-0.15, -0.1) is 0 Å². The van der Waals surface area contributed by atoms with Crippen molar-refractivity contribution >= 4 is 40.7 Å². The third-order valence-electron chi connectivity index (χ3n) is 4.22. The fourth-order valence-electron chi connectivity index (χ4n) is 2.94. The van der Waals surface area contributed by atoms with Crippen LogP contribution in [0.2, 0.25) is 5.15 Å². The van der Waals surface area contributed by atoms with Crippen LogP contribution >= 0.6 is 23.8 Å². The first-order valence-corrected chi connectivity index (χ1v) is 9.21. The highest BCUT2D eigenvalue weighted by molar-refractivity contribution is 7.80. The highest BCUT2D eigenvalue weighted by Gasteiger charge is 2.21. The molecule has 1 fully saturated rings. The molecule has 0 saturated carbocycles. The Morgan fingerprint density at radius 2 is 2.24 bits per heavy atom. The van der Waals surface area contributed by atoms with Gasteiger partial charge in [0.25, 0.3) is 0 Å². The van der Waals surface area contributed by atoms with E-state index in [1.165, 1.54) is 6.42 Å². The number of anilines is 2. The van der Waals surface area contributed by atoms with Crippen LogP contribution in [0.5, 0.6) is 0 Å². The molecule has 3 heterocycles. The SMILES string of the molecule is Cc1ccc(CNC(=S)Nc2nc(Cl)cc(N3CCCCC3C)n2)o1. The zero-order chi connectivity index (χ0) is 17.8. The third kappa shape index (κ3) is 4.83. The average Bonchev–Trinajstić information content (AvgIpc) is 2.98. The Morgan fingerprint density at radius 3 is 2.96 bits per heavy atom. The number of furan rings is 1. The minimum Gasteiger partial charge on any atom is -0.465 e. The maximum atomic E-state index is 6.18. The lowest BCUT2D eigenvalue weighted by molar-refractivity contribution is 0.478. The minimum absolute atomic E-state index is 0.397. The zero-order valence-electron chi connectivity index (χ0n) is 14.4. The van der Waals surface area contributed by atoms with Gasteiger partial charge in [0, 0.05) is 18.7 Å². The molecule has 8 heteroatoms. The quantitative estimate of drug-likeness (QED) is 0.616. The molecule has 134 valence electrons. The number of piperidine rings is 1. The van der Waals surface area contributed by atoms with E-state index >= 15 is 0 Å². The van der Waals surface area contributed by atoms with Crippen LogP contribution in [0.1, 0.15) is 37.7 Å². The molecule has 1 saturated heterocycles. The van der Waals surface area contributed by atoms with Crippen LogP contribution in [0.15, 0.2) is 22.6 Å². The van der Waals surface area contributed by atoms with Crippen molar-refractivity contribution in [3.8, 4) is 0 Å². The molecular formula is C17H22ClN5OS. The maximum Gasteiger partial charge on any atom is 0.232 e. The van der Waals surface area contributed by atoms with Crippen molar-refractivity contribution in [1.82, 2.24) is 15.3 Å². The highest BCUT2D eigenvalue weighted by atomic mass is 35.5. The number of halogens is 1. The lowest BCUT2D eigenvalue weighted by Gasteiger charge is -2.34. The second-order valence-corrected chi connectivity index (χ2v) is 7.03. The van der Waals surface area contributed by atoms with Crippen molar-refractivity contribution in [1.29, 1.82) is 0 Å². The lowest BCUT2D eigenvalue weighted by Crippen LogP contribution is -2.38. The molecule has 1 aliphatic heterocycles. The van der Waals surface area contributed by atoms with Crippen LogP contribution < -0.4 is 15.5 Å². The molecule has 0 aliphatic carbocycles. The summed E-state index contributed by atoms with van der Waals surface area (Å²) in [6, 6.07) is 6.08. The van der Waals surface area contributed by atoms with E-state index in [1.807, 2.05) is 19.1 Å². The number of nitrogens with one attached hydrogen (secondary N) is 2. The summed E-state index contributed by atoms with van der Waals surface area (Å²) in [5.41, 5.74) is 0. The Balaban J connectivity index is 1.64. The van der Waals surface area contributed by atoms with Gasteiger partial charge in [0.15, 0.2) is 5.11 Å². The Labute approximate surface area is 158 Å². The molecule has 3 rings (SSSR count). The van der Waals surface area contributed by atoms with Gasteiger partial charge >= 0.3 is 0 Å². The van der Waals surface area contributed by atoms with Gasteiger partial charge in [0.2, 0.25) is 5.95 Å². The Morgan fingerprint density at radius 1 is 1.40 bits per heavy atom. The monoisotopic (exact) mass is 379 g/mol. The molecule has 6 nitrogen and oxygen atoms in total. The normalized spacial score (nSPS) is 17.4. The number of rotatable bonds is 4. The molecule has 0 radical (unpaired) electrons. The van der Waals surface area contributed by atoms with Crippen molar-refractivity contribution in [3.63, 3.8) is 0 Å². The van der Waals surface area contributed by atoms with E-state index in [-0.39, 0.29) is 0 Å². The van der Waals surface area contributed by atoms with Crippen LogP contribution in [0.4, 0.5) is 11.8 Å². The number of hydrogen-bond donors (Lipinski definition) is 2. The van der Waals surface area contributed by atoms with Gasteiger partial charge in [-0.2, -0.15) is 4.98 Å². The van der Waals surface area contributed by atoms with Gasteiger partial charge < -0.3 is 20.0 Å². The number of aryl methyl sites for hydroxylation is 1. The van der Waals surface area contributed by atoms with E-state index in [0.717, 1.165) is 36.7 Å². The highest BCUT2D eigenvalue weighted by Crippen LogP contribution is 2.25. The largest absolute Gasteiger partial charge is 0.465 e. The first-order chi connectivity index (χ1) is 12.0. The van der Waals surface area contributed by atoms with E-state index in [0.29, 0.717) is 28.8 Å². The van der Waals surface area contributed by atoms with Gasteiger partial charge in [-0.25, -0.2) is 4.98 Å². The van der Waals surface area contributed by atoms with E-state index in [1.54, 1.807) is 6.07 Å². The van der Waals surface area contributed by atoms with Gasteiger partial charge in [-0.05, 0) is 57.5 Å². The van der Waals surface area contributed by atoms with Crippen molar-refractivity contribution < 1.29 is 4.42 Å². The van der Waals surface area contributed by atoms with E-state index in [2.05, 4.69) is 32.4 Å². The van der Waals surface area contributed by atoms with E-state index in [4.69, 9.17) is 28.2 Å². The molecule has 0 amide bonds. The summed E-state index contributed by atoms with van der Waals surface area (Å²) >= 11 is 11.5. The van der Waals surface area contributed by atoms with Crippen molar-refractivity contribution in [2.75, 3.05) is 16.8 Å². The zero-order valence-corrected chi connectivity index (χ0v) is 16.0. The van der Waals surface area contributed by atoms with Crippen LogP contribution in [0.25, 0.3) is 0 Å². The van der Waals surface area contributed by atoms with E-state index in [9.17, 15) is 0 Å². The average molecular weight is 380 g/mol. The molecule has 1 aliphatic rings. The first kappa shape index (κ1) is 17.9. The molecule has 1 atom stereocenters. The molecule has 0 aromatic carbocycles. The van der Waals surface area contributed by atoms with Crippen LogP contribution in [-0.4, -0.2) is 27.7 Å². The number of hydrogen-bond acceptors (Lipinski definition) is 5. The topological polar surface area (TPSA) is 66.2 Å². The van der Waals surface area contributed by atoms with Crippen LogP contribution in [-0.2, 0) is 6.54 Å². The fourth-order valence-corrected chi connectivity index (χ4v) is 3.28. The van der Waals surface area contributed by atoms with Crippen LogP contribution in [0.3, 0.4) is 0 Å². The van der Waals surface area contributed by atoms with E-state index < -0.39 is 0 Å². The molecule has 0 bridgehead atoms. The van der Waals surface area contributed by atoms with Gasteiger partial charge in [0.1, 0.15) is 22.5 Å². The number of thiocarbonyl (C=S) groups is 1. The van der Waals surface area contributed by atoms with Crippen molar-refractivity contribution in [2.24, 2.45) is 0 Å². The summed E-state index contributed by atoms with van der Waals surface area (Å²) in [6.07, 6.45) is 3.58. The minimum atomic E-state index is 0.397. The number of aromatic nitrogens is 2. The predicted molar refractivity (Wildman–Crippen MR) is 104 cm³/mol. The van der Waals surface area contributed by atoms with Crippen LogP contribution in [0, 0.1) is 6.92 Å². The Kier molecular flexibility index (Phi) is 5.75. The predicted octanol–water partition coefficient (Wildman–Crippen LogP) is 3.90. The molecule has 0 spiro atoms. The maximum absolute atomic E-state index is 6.18. The second kappa shape index (κ2) is 8.01. The second-order valence-electron chi connectivity index (χ2n) is 6.23. The molecule has 25 heavy (non-hydrogen) atoms. The first-order valence-electron chi connectivity index (χ1n) is 8.42. The van der Waals surface area contributed by atoms with Gasteiger partial charge in [-0.3, -0.25) is 0 Å². The summed E-state index contributed by atoms with van der Waals surface area (Å²) in [7, 11) is 0. The third-order valence-corrected chi connectivity index (χ3v) is 4.66. The van der Waals surface area contributed by atoms with Crippen molar-refractivity contribution in [3.05, 3.63) is 34.9 Å². The lowest BCUT2D eigenvalue weighted by atomic mass is 10.0. The molecule has 1 unspecified atom stereocenters. The molecule has 2 N–H and O–H groups in total. The summed E-state index contributed by atoms with van der Waals surface area (Å²) < 4.78 is 5.50. The fraction of sp³-hybridized carbons (Fsp3) is 0.471. The summed E-state index contributed by atoms with van der Waals surface area (Å²) in [5.74, 6) is 2.91. The Bertz CT molecular complexity index is 750. The molecule has 2 aromatic heterocycles. The molecular weight excluding hydrogens is 358 g/mol. The summed E-state index contributed by atoms with van der Waals surface area (Å²) in [6.45, 7) is 5.59. The standard InChI is InChI=1S/C17H22ClN5OS/c1-11-5-3-4-8-23(11)15-9-14(18)20-16(21-15)22-17(25)19-10-13-7-6-12(2)24-13/h6-7,9,11H,3-5,8,10H2,1-2H3,(H2,19,20,21,22,25). The Hall–Kier alpha value is -1.86. The smallest absolute Gasteiger partial charge is 0.232 e. The number of nitrogens with zero attached hydrogens (tertiary/aromatic N) is 3. The van der Waals surface area contributed by atoms with Gasteiger partial charge in [0.05, 0.1) is 6.54 Å². The van der Waals surface area contributed by atoms with Crippen molar-refractivity contribution in [2.45, 2.75) is 45.7 Å². The van der Waals surface area contributed by atoms with Gasteiger partial charge in [-0.1, -0.05) is 11.6 Å². The summed E-state index contributed by atoms with van der Waals surface area (Å²) in [5, 5.41) is 6.90.